The van der Waals surface area contributed by atoms with Crippen LogP contribution in [0.1, 0.15) is 12.5 Å². The van der Waals surface area contributed by atoms with Crippen molar-refractivity contribution in [2.75, 3.05) is 6.26 Å². The molecule has 0 aromatic heterocycles. The molecule has 0 fully saturated rings. The largest absolute Gasteiger partial charge is 0.508 e. The molecular formula is C13H14O2S. The van der Waals surface area contributed by atoms with Crippen LogP contribution in [0.15, 0.2) is 47.7 Å². The number of benzene rings is 1. The van der Waals surface area contributed by atoms with Crippen LogP contribution in [0, 0.1) is 0 Å². The van der Waals surface area contributed by atoms with E-state index in [1.54, 1.807) is 25.3 Å². The van der Waals surface area contributed by atoms with Gasteiger partial charge in [-0.25, -0.2) is 0 Å². The summed E-state index contributed by atoms with van der Waals surface area (Å²) in [4.78, 5) is 11.3. The molecule has 0 bridgehead atoms. The summed E-state index contributed by atoms with van der Waals surface area (Å²) in [6.45, 7) is 1.61. The molecule has 16 heavy (non-hydrogen) atoms. The number of carbonyl (C=O) groups excluding carboxylic acids is 1. The molecule has 0 aliphatic carbocycles. The fraction of sp³-hybridized carbons (Fsp3) is 0.154. The molecule has 3 heteroatoms. The summed E-state index contributed by atoms with van der Waals surface area (Å²) in [5, 5.41) is 9.52. The van der Waals surface area contributed by atoms with E-state index in [2.05, 4.69) is 0 Å². The first-order valence-electron chi connectivity index (χ1n) is 4.86. The van der Waals surface area contributed by atoms with Crippen molar-refractivity contribution in [1.29, 1.82) is 0 Å². The predicted octanol–water partition coefficient (Wildman–Crippen LogP) is 3.42. The van der Waals surface area contributed by atoms with Crippen molar-refractivity contribution < 1.29 is 9.90 Å². The average molecular weight is 234 g/mol. The first-order chi connectivity index (χ1) is 7.65. The van der Waals surface area contributed by atoms with Crippen molar-refractivity contribution in [2.45, 2.75) is 6.92 Å². The zero-order valence-electron chi connectivity index (χ0n) is 9.31. The van der Waals surface area contributed by atoms with Gasteiger partial charge in [-0.1, -0.05) is 48.2 Å². The molecule has 0 unspecified atom stereocenters. The van der Waals surface area contributed by atoms with Crippen LogP contribution in [0.25, 0.3) is 6.08 Å². The lowest BCUT2D eigenvalue weighted by molar-refractivity contribution is -0.107. The van der Waals surface area contributed by atoms with E-state index in [0.717, 1.165) is 17.3 Å². The van der Waals surface area contributed by atoms with Gasteiger partial charge in [0.2, 0.25) is 5.12 Å². The minimum Gasteiger partial charge on any atom is -0.508 e. The van der Waals surface area contributed by atoms with Crippen molar-refractivity contribution in [3.05, 3.63) is 53.3 Å². The van der Waals surface area contributed by atoms with Crippen molar-refractivity contribution in [3.63, 3.8) is 0 Å². The van der Waals surface area contributed by atoms with Crippen molar-refractivity contribution in [2.24, 2.45) is 0 Å². The summed E-state index contributed by atoms with van der Waals surface area (Å²) in [5.74, 6) is 0.0169. The van der Waals surface area contributed by atoms with Gasteiger partial charge in [-0.15, -0.1) is 0 Å². The fourth-order valence-corrected chi connectivity index (χ4v) is 1.53. The summed E-state index contributed by atoms with van der Waals surface area (Å²) in [6.07, 6.45) is 5.01. The molecule has 84 valence electrons. The van der Waals surface area contributed by atoms with Gasteiger partial charge in [-0.2, -0.15) is 0 Å². The quantitative estimate of drug-likeness (QED) is 0.494. The molecule has 0 atom stereocenters. The highest BCUT2D eigenvalue weighted by molar-refractivity contribution is 8.13. The van der Waals surface area contributed by atoms with Gasteiger partial charge in [0.15, 0.2) is 0 Å². The molecule has 0 radical (unpaired) electrons. The highest BCUT2D eigenvalue weighted by Crippen LogP contribution is 2.12. The molecule has 2 nitrogen and oxygen atoms in total. The van der Waals surface area contributed by atoms with Crippen LogP contribution in [0.2, 0.25) is 0 Å². The van der Waals surface area contributed by atoms with Gasteiger partial charge < -0.3 is 5.11 Å². The lowest BCUT2D eigenvalue weighted by Crippen LogP contribution is -1.95. The topological polar surface area (TPSA) is 37.3 Å². The first-order valence-corrected chi connectivity index (χ1v) is 6.09. The smallest absolute Gasteiger partial charge is 0.218 e. The lowest BCUT2D eigenvalue weighted by Gasteiger charge is -1.98. The van der Waals surface area contributed by atoms with Gasteiger partial charge in [-0.05, 0) is 24.8 Å². The second kappa shape index (κ2) is 6.18. The number of aliphatic hydroxyl groups is 1. The number of hydrogen-bond acceptors (Lipinski definition) is 3. The van der Waals surface area contributed by atoms with Gasteiger partial charge in [0.25, 0.3) is 0 Å². The van der Waals surface area contributed by atoms with Crippen molar-refractivity contribution in [1.82, 2.24) is 0 Å². The highest BCUT2D eigenvalue weighted by atomic mass is 32.2. The van der Waals surface area contributed by atoms with Gasteiger partial charge >= 0.3 is 0 Å². The van der Waals surface area contributed by atoms with Crippen LogP contribution in [-0.4, -0.2) is 16.5 Å². The molecular weight excluding hydrogens is 220 g/mol. The van der Waals surface area contributed by atoms with Crippen LogP contribution < -0.4 is 0 Å². The van der Waals surface area contributed by atoms with Crippen LogP contribution in [0.5, 0.6) is 0 Å². The summed E-state index contributed by atoms with van der Waals surface area (Å²) < 4.78 is 0. The van der Waals surface area contributed by atoms with E-state index in [-0.39, 0.29) is 10.9 Å². The Labute approximate surface area is 99.7 Å². The van der Waals surface area contributed by atoms with Crippen molar-refractivity contribution >= 4 is 23.0 Å². The third kappa shape index (κ3) is 3.59. The number of hydrogen-bond donors (Lipinski definition) is 1. The SMILES string of the molecule is CSC(=O)/C(C)=C(O)/C=C/c1ccccc1. The Balaban J connectivity index is 2.82. The van der Waals surface area contributed by atoms with E-state index in [0.29, 0.717) is 5.57 Å². The maximum Gasteiger partial charge on any atom is 0.218 e. The first kappa shape index (κ1) is 12.6. The van der Waals surface area contributed by atoms with E-state index in [1.807, 2.05) is 30.3 Å². The third-order valence-electron chi connectivity index (χ3n) is 2.11. The highest BCUT2D eigenvalue weighted by Gasteiger charge is 2.05. The van der Waals surface area contributed by atoms with E-state index < -0.39 is 0 Å². The number of thioether (sulfide) groups is 1. The Bertz CT molecular complexity index is 419. The Hall–Kier alpha value is -1.48. The minimum atomic E-state index is -0.116. The standard InChI is InChI=1S/C13H14O2S/c1-10(13(15)16-2)12(14)9-8-11-6-4-3-5-7-11/h3-9,14H,1-2H3/b9-8+,12-10-. The maximum absolute atomic E-state index is 11.3. The molecule has 0 spiro atoms. The molecule has 1 rings (SSSR count). The van der Waals surface area contributed by atoms with Crippen LogP contribution in [0.3, 0.4) is 0 Å². The number of allylic oxidation sites excluding steroid dienone is 1. The maximum atomic E-state index is 11.3. The zero-order valence-corrected chi connectivity index (χ0v) is 10.1. The van der Waals surface area contributed by atoms with E-state index >= 15 is 0 Å². The number of rotatable bonds is 3. The Kier molecular flexibility index (Phi) is 4.86. The van der Waals surface area contributed by atoms with E-state index in [9.17, 15) is 9.90 Å². The Morgan fingerprint density at radius 1 is 1.31 bits per heavy atom. The van der Waals surface area contributed by atoms with E-state index in [4.69, 9.17) is 0 Å². The zero-order chi connectivity index (χ0) is 12.0. The monoisotopic (exact) mass is 234 g/mol. The summed E-state index contributed by atoms with van der Waals surface area (Å²) in [7, 11) is 0. The van der Waals surface area contributed by atoms with Crippen LogP contribution in [-0.2, 0) is 4.79 Å². The Morgan fingerprint density at radius 3 is 2.50 bits per heavy atom. The molecule has 0 aliphatic heterocycles. The number of carbonyl (C=O) groups is 1. The predicted molar refractivity (Wildman–Crippen MR) is 69.3 cm³/mol. The molecule has 0 aliphatic rings. The molecule has 1 aromatic carbocycles. The Morgan fingerprint density at radius 2 is 1.94 bits per heavy atom. The summed E-state index contributed by atoms with van der Waals surface area (Å²) in [6, 6.07) is 9.61. The molecule has 0 amide bonds. The summed E-state index contributed by atoms with van der Waals surface area (Å²) >= 11 is 1.09. The molecule has 1 aromatic rings. The molecule has 0 saturated carbocycles. The fourth-order valence-electron chi connectivity index (χ4n) is 1.12. The van der Waals surface area contributed by atoms with Crippen LogP contribution in [0.4, 0.5) is 0 Å². The summed E-state index contributed by atoms with van der Waals surface area (Å²) in [5.41, 5.74) is 1.36. The minimum absolute atomic E-state index is 0.0169. The lowest BCUT2D eigenvalue weighted by atomic mass is 10.2. The van der Waals surface area contributed by atoms with Crippen LogP contribution >= 0.6 is 11.8 Å². The van der Waals surface area contributed by atoms with Gasteiger partial charge in [-0.3, -0.25) is 4.79 Å². The molecule has 0 heterocycles. The van der Waals surface area contributed by atoms with Gasteiger partial charge in [0, 0.05) is 5.57 Å². The normalized spacial score (nSPS) is 12.6. The molecule has 1 N–H and O–H groups in total. The van der Waals surface area contributed by atoms with Gasteiger partial charge in [0.05, 0.1) is 0 Å². The van der Waals surface area contributed by atoms with E-state index in [1.165, 1.54) is 0 Å². The average Bonchev–Trinajstić information content (AvgIpc) is 2.35. The third-order valence-corrected chi connectivity index (χ3v) is 2.79. The van der Waals surface area contributed by atoms with Crippen molar-refractivity contribution in [3.8, 4) is 0 Å². The second-order valence-electron chi connectivity index (χ2n) is 3.25. The number of aliphatic hydroxyl groups excluding tert-OH is 1. The molecule has 0 saturated heterocycles. The second-order valence-corrected chi connectivity index (χ2v) is 4.02. The van der Waals surface area contributed by atoms with Gasteiger partial charge in [0.1, 0.15) is 5.76 Å².